The molecule has 0 bridgehead atoms. The number of hydrogen-bond acceptors (Lipinski definition) is 4. The second-order valence-corrected chi connectivity index (χ2v) is 4.37. The van der Waals surface area contributed by atoms with Gasteiger partial charge in [-0.15, -0.1) is 0 Å². The number of carboxylic acids is 2. The molecule has 0 spiro atoms. The van der Waals surface area contributed by atoms with Gasteiger partial charge in [0.05, 0.1) is 6.20 Å². The normalized spacial score (nSPS) is 12.2. The molecule has 0 radical (unpaired) electrons. The standard InChI is InChI=1S/C11H15N3O5/c1-5(2)7(11(18)19)13-9(15)8-6(10(16)17)4-12-14(8)3/h4-5,7H,1-3H3,(H,13,15)(H,16,17)(H,18,19). The predicted octanol–water partition coefficient (Wildman–Crippen LogP) is -0.0427. The molecular weight excluding hydrogens is 254 g/mol. The monoisotopic (exact) mass is 269 g/mol. The largest absolute Gasteiger partial charge is 0.480 e. The van der Waals surface area contributed by atoms with Gasteiger partial charge in [-0.1, -0.05) is 13.8 Å². The molecule has 1 amide bonds. The van der Waals surface area contributed by atoms with Gasteiger partial charge in [0, 0.05) is 7.05 Å². The van der Waals surface area contributed by atoms with E-state index in [9.17, 15) is 14.4 Å². The molecule has 0 aliphatic heterocycles. The number of amides is 1. The summed E-state index contributed by atoms with van der Waals surface area (Å²) in [4.78, 5) is 33.9. The summed E-state index contributed by atoms with van der Waals surface area (Å²) >= 11 is 0. The molecule has 1 aromatic heterocycles. The van der Waals surface area contributed by atoms with Crippen LogP contribution in [0.25, 0.3) is 0 Å². The van der Waals surface area contributed by atoms with Crippen LogP contribution in [0.3, 0.4) is 0 Å². The minimum absolute atomic E-state index is 0.181. The Bertz CT molecular complexity index is 520. The van der Waals surface area contributed by atoms with E-state index in [0.717, 1.165) is 10.9 Å². The van der Waals surface area contributed by atoms with E-state index in [1.807, 2.05) is 0 Å². The number of aromatic nitrogens is 2. The highest BCUT2D eigenvalue weighted by atomic mass is 16.4. The van der Waals surface area contributed by atoms with Gasteiger partial charge < -0.3 is 15.5 Å². The highest BCUT2D eigenvalue weighted by Gasteiger charge is 2.28. The van der Waals surface area contributed by atoms with E-state index in [2.05, 4.69) is 10.4 Å². The number of hydrogen-bond donors (Lipinski definition) is 3. The Hall–Kier alpha value is -2.38. The minimum atomic E-state index is -1.30. The molecule has 0 saturated carbocycles. The maximum absolute atomic E-state index is 12.0. The minimum Gasteiger partial charge on any atom is -0.480 e. The van der Waals surface area contributed by atoms with E-state index in [0.29, 0.717) is 0 Å². The zero-order chi connectivity index (χ0) is 14.7. The SMILES string of the molecule is CC(C)C(NC(=O)c1c(C(=O)O)cnn1C)C(=O)O. The number of rotatable bonds is 5. The van der Waals surface area contributed by atoms with Crippen molar-refractivity contribution in [2.24, 2.45) is 13.0 Å². The Balaban J connectivity index is 3.04. The first-order chi connectivity index (χ1) is 8.75. The number of aliphatic carboxylic acids is 1. The topological polar surface area (TPSA) is 122 Å². The summed E-state index contributed by atoms with van der Waals surface area (Å²) in [6, 6.07) is -1.09. The molecular formula is C11H15N3O5. The third-order valence-electron chi connectivity index (χ3n) is 2.60. The number of carboxylic acid groups (broad SMARTS) is 2. The molecule has 1 unspecified atom stereocenters. The van der Waals surface area contributed by atoms with E-state index in [-0.39, 0.29) is 17.2 Å². The summed E-state index contributed by atoms with van der Waals surface area (Å²) < 4.78 is 1.10. The summed E-state index contributed by atoms with van der Waals surface area (Å²) in [7, 11) is 1.41. The fourth-order valence-electron chi connectivity index (χ4n) is 1.59. The molecule has 8 nitrogen and oxygen atoms in total. The summed E-state index contributed by atoms with van der Waals surface area (Å²) in [6.07, 6.45) is 1.04. The van der Waals surface area contributed by atoms with Crippen molar-refractivity contribution >= 4 is 17.8 Å². The van der Waals surface area contributed by atoms with Crippen LogP contribution in [0, 0.1) is 5.92 Å². The number of aryl methyl sites for hydroxylation is 1. The molecule has 3 N–H and O–H groups in total. The Morgan fingerprint density at radius 1 is 1.32 bits per heavy atom. The van der Waals surface area contributed by atoms with Crippen LogP contribution in [-0.4, -0.2) is 43.9 Å². The number of aromatic carboxylic acids is 1. The van der Waals surface area contributed by atoms with Crippen LogP contribution in [0.4, 0.5) is 0 Å². The second-order valence-electron chi connectivity index (χ2n) is 4.37. The molecule has 19 heavy (non-hydrogen) atoms. The fraction of sp³-hybridized carbons (Fsp3) is 0.455. The zero-order valence-electron chi connectivity index (χ0n) is 10.7. The van der Waals surface area contributed by atoms with Gasteiger partial charge in [0.1, 0.15) is 17.3 Å². The van der Waals surface area contributed by atoms with Crippen molar-refractivity contribution in [2.45, 2.75) is 19.9 Å². The van der Waals surface area contributed by atoms with Crippen molar-refractivity contribution in [3.63, 3.8) is 0 Å². The lowest BCUT2D eigenvalue weighted by Crippen LogP contribution is -2.45. The number of nitrogens with zero attached hydrogens (tertiary/aromatic N) is 2. The van der Waals surface area contributed by atoms with Crippen LogP contribution in [-0.2, 0) is 11.8 Å². The summed E-state index contributed by atoms with van der Waals surface area (Å²) in [5, 5.41) is 23.9. The van der Waals surface area contributed by atoms with Gasteiger partial charge in [0.2, 0.25) is 0 Å². The molecule has 0 aliphatic rings. The average Bonchev–Trinajstić information content (AvgIpc) is 2.66. The average molecular weight is 269 g/mol. The fourth-order valence-corrected chi connectivity index (χ4v) is 1.59. The third kappa shape index (κ3) is 3.09. The summed E-state index contributed by atoms with van der Waals surface area (Å²) in [5.74, 6) is -3.58. The maximum Gasteiger partial charge on any atom is 0.339 e. The van der Waals surface area contributed by atoms with Crippen molar-refractivity contribution in [3.8, 4) is 0 Å². The Kier molecular flexibility index (Phi) is 4.26. The molecule has 1 heterocycles. The van der Waals surface area contributed by atoms with E-state index < -0.39 is 23.9 Å². The number of nitrogens with one attached hydrogen (secondary N) is 1. The van der Waals surface area contributed by atoms with Gasteiger partial charge in [0.25, 0.3) is 5.91 Å². The lowest BCUT2D eigenvalue weighted by Gasteiger charge is -2.18. The van der Waals surface area contributed by atoms with E-state index in [4.69, 9.17) is 10.2 Å². The van der Waals surface area contributed by atoms with Crippen molar-refractivity contribution in [2.75, 3.05) is 0 Å². The number of carbonyl (C=O) groups excluding carboxylic acids is 1. The van der Waals surface area contributed by atoms with Crippen LogP contribution in [0.2, 0.25) is 0 Å². The first-order valence-corrected chi connectivity index (χ1v) is 5.54. The van der Waals surface area contributed by atoms with Gasteiger partial charge in [0.15, 0.2) is 0 Å². The maximum atomic E-state index is 12.0. The highest BCUT2D eigenvalue weighted by molar-refractivity contribution is 6.04. The molecule has 0 fully saturated rings. The molecule has 1 aromatic rings. The van der Waals surface area contributed by atoms with Crippen LogP contribution < -0.4 is 5.32 Å². The van der Waals surface area contributed by atoms with E-state index in [1.165, 1.54) is 7.05 Å². The molecule has 104 valence electrons. The van der Waals surface area contributed by atoms with Crippen molar-refractivity contribution in [1.82, 2.24) is 15.1 Å². The van der Waals surface area contributed by atoms with Crippen LogP contribution >= 0.6 is 0 Å². The van der Waals surface area contributed by atoms with Crippen LogP contribution in [0.5, 0.6) is 0 Å². The van der Waals surface area contributed by atoms with Gasteiger partial charge in [-0.2, -0.15) is 5.10 Å². The quantitative estimate of drug-likeness (QED) is 0.689. The molecule has 1 atom stereocenters. The predicted molar refractivity (Wildman–Crippen MR) is 63.9 cm³/mol. The summed E-state index contributed by atoms with van der Waals surface area (Å²) in [5.41, 5.74) is -0.452. The number of carbonyl (C=O) groups is 3. The van der Waals surface area contributed by atoms with Crippen molar-refractivity contribution < 1.29 is 24.6 Å². The molecule has 8 heteroatoms. The molecule has 0 aliphatic carbocycles. The third-order valence-corrected chi connectivity index (χ3v) is 2.60. The molecule has 0 aromatic carbocycles. The Morgan fingerprint density at radius 3 is 2.32 bits per heavy atom. The summed E-state index contributed by atoms with van der Waals surface area (Å²) in [6.45, 7) is 3.28. The van der Waals surface area contributed by atoms with Gasteiger partial charge in [-0.05, 0) is 5.92 Å². The molecule has 0 saturated heterocycles. The van der Waals surface area contributed by atoms with Crippen molar-refractivity contribution in [3.05, 3.63) is 17.5 Å². The second kappa shape index (κ2) is 5.51. The van der Waals surface area contributed by atoms with Gasteiger partial charge in [-0.25, -0.2) is 9.59 Å². The Morgan fingerprint density at radius 2 is 1.89 bits per heavy atom. The first kappa shape index (κ1) is 14.7. The lowest BCUT2D eigenvalue weighted by molar-refractivity contribution is -0.140. The van der Waals surface area contributed by atoms with E-state index >= 15 is 0 Å². The van der Waals surface area contributed by atoms with Crippen molar-refractivity contribution in [1.29, 1.82) is 0 Å². The van der Waals surface area contributed by atoms with Crippen LogP contribution in [0.15, 0.2) is 6.20 Å². The van der Waals surface area contributed by atoms with Gasteiger partial charge in [-0.3, -0.25) is 9.48 Å². The van der Waals surface area contributed by atoms with Crippen LogP contribution in [0.1, 0.15) is 34.7 Å². The smallest absolute Gasteiger partial charge is 0.339 e. The Labute approximate surface area is 109 Å². The van der Waals surface area contributed by atoms with Gasteiger partial charge >= 0.3 is 11.9 Å². The zero-order valence-corrected chi connectivity index (χ0v) is 10.7. The lowest BCUT2D eigenvalue weighted by atomic mass is 10.0. The molecule has 1 rings (SSSR count). The highest BCUT2D eigenvalue weighted by Crippen LogP contribution is 2.09. The van der Waals surface area contributed by atoms with E-state index in [1.54, 1.807) is 13.8 Å². The first-order valence-electron chi connectivity index (χ1n) is 5.54.